The standard InChI is InChI=1S/C12H20N2O2S/c1-9-7-5-6-8-11(9)17(15,16)14-10(2)12(3,4)13/h5-8,10,14H,13H2,1-4H3. The van der Waals surface area contributed by atoms with Crippen LogP contribution >= 0.6 is 0 Å². The molecule has 4 nitrogen and oxygen atoms in total. The maximum absolute atomic E-state index is 12.1. The van der Waals surface area contributed by atoms with Gasteiger partial charge in [-0.25, -0.2) is 13.1 Å². The monoisotopic (exact) mass is 256 g/mol. The molecule has 1 aromatic carbocycles. The number of benzene rings is 1. The number of hydrogen-bond donors (Lipinski definition) is 2. The van der Waals surface area contributed by atoms with E-state index in [0.717, 1.165) is 5.56 Å². The molecule has 0 saturated carbocycles. The van der Waals surface area contributed by atoms with Gasteiger partial charge in [-0.1, -0.05) is 18.2 Å². The molecule has 96 valence electrons. The summed E-state index contributed by atoms with van der Waals surface area (Å²) in [5.74, 6) is 0. The third-order valence-electron chi connectivity index (χ3n) is 2.83. The first-order chi connectivity index (χ1) is 7.64. The van der Waals surface area contributed by atoms with Gasteiger partial charge in [0, 0.05) is 11.6 Å². The van der Waals surface area contributed by atoms with Crippen LogP contribution in [0.15, 0.2) is 29.2 Å². The summed E-state index contributed by atoms with van der Waals surface area (Å²) >= 11 is 0. The third kappa shape index (κ3) is 3.52. The van der Waals surface area contributed by atoms with E-state index in [9.17, 15) is 8.42 Å². The Kier molecular flexibility index (Phi) is 3.96. The highest BCUT2D eigenvalue weighted by Crippen LogP contribution is 2.16. The van der Waals surface area contributed by atoms with Crippen molar-refractivity contribution in [2.45, 2.75) is 44.2 Å². The van der Waals surface area contributed by atoms with Crippen LogP contribution in [-0.4, -0.2) is 20.0 Å². The Labute approximate surface area is 103 Å². The minimum atomic E-state index is -3.50. The van der Waals surface area contributed by atoms with Crippen molar-refractivity contribution >= 4 is 10.0 Å². The number of sulfonamides is 1. The van der Waals surface area contributed by atoms with Crippen LogP contribution in [0, 0.1) is 6.92 Å². The van der Waals surface area contributed by atoms with Crippen LogP contribution in [0.3, 0.4) is 0 Å². The van der Waals surface area contributed by atoms with E-state index in [-0.39, 0.29) is 6.04 Å². The zero-order valence-electron chi connectivity index (χ0n) is 10.7. The quantitative estimate of drug-likeness (QED) is 0.855. The van der Waals surface area contributed by atoms with Crippen molar-refractivity contribution in [2.75, 3.05) is 0 Å². The highest BCUT2D eigenvalue weighted by atomic mass is 32.2. The summed E-state index contributed by atoms with van der Waals surface area (Å²) < 4.78 is 26.9. The van der Waals surface area contributed by atoms with Crippen molar-refractivity contribution in [2.24, 2.45) is 5.73 Å². The van der Waals surface area contributed by atoms with E-state index in [4.69, 9.17) is 5.73 Å². The fourth-order valence-electron chi connectivity index (χ4n) is 1.31. The molecular weight excluding hydrogens is 236 g/mol. The van der Waals surface area contributed by atoms with E-state index < -0.39 is 15.6 Å². The molecule has 17 heavy (non-hydrogen) atoms. The van der Waals surface area contributed by atoms with Crippen LogP contribution in [0.4, 0.5) is 0 Å². The van der Waals surface area contributed by atoms with Gasteiger partial charge in [-0.05, 0) is 39.3 Å². The van der Waals surface area contributed by atoms with Gasteiger partial charge in [0.05, 0.1) is 4.90 Å². The minimum absolute atomic E-state index is 0.302. The number of rotatable bonds is 4. The van der Waals surface area contributed by atoms with Crippen LogP contribution in [-0.2, 0) is 10.0 Å². The third-order valence-corrected chi connectivity index (χ3v) is 4.53. The van der Waals surface area contributed by atoms with Crippen LogP contribution in [0.5, 0.6) is 0 Å². The van der Waals surface area contributed by atoms with Crippen molar-refractivity contribution in [1.82, 2.24) is 4.72 Å². The van der Waals surface area contributed by atoms with Crippen LogP contribution in [0.25, 0.3) is 0 Å². The summed E-state index contributed by atoms with van der Waals surface area (Å²) in [5.41, 5.74) is 6.00. The first kappa shape index (κ1) is 14.2. The molecule has 0 spiro atoms. The summed E-state index contributed by atoms with van der Waals surface area (Å²) in [6, 6.07) is 6.54. The lowest BCUT2D eigenvalue weighted by molar-refractivity contribution is 0.402. The average Bonchev–Trinajstić information content (AvgIpc) is 2.15. The average molecular weight is 256 g/mol. The maximum atomic E-state index is 12.1. The van der Waals surface area contributed by atoms with Crippen LogP contribution < -0.4 is 10.5 Å². The van der Waals surface area contributed by atoms with Gasteiger partial charge in [-0.3, -0.25) is 0 Å². The minimum Gasteiger partial charge on any atom is -0.324 e. The lowest BCUT2D eigenvalue weighted by atomic mass is 9.99. The molecule has 0 aromatic heterocycles. The summed E-state index contributed by atoms with van der Waals surface area (Å²) in [4.78, 5) is 0.302. The lowest BCUT2D eigenvalue weighted by Gasteiger charge is -2.28. The number of hydrogen-bond acceptors (Lipinski definition) is 3. The van der Waals surface area contributed by atoms with Gasteiger partial charge >= 0.3 is 0 Å². The molecule has 0 aliphatic rings. The van der Waals surface area contributed by atoms with E-state index in [0.29, 0.717) is 4.90 Å². The van der Waals surface area contributed by atoms with Crippen molar-refractivity contribution in [1.29, 1.82) is 0 Å². The van der Waals surface area contributed by atoms with E-state index in [2.05, 4.69) is 4.72 Å². The number of nitrogens with two attached hydrogens (primary N) is 1. The SMILES string of the molecule is Cc1ccccc1S(=O)(=O)NC(C)C(C)(C)N. The summed E-state index contributed by atoms with van der Waals surface area (Å²) in [7, 11) is -3.50. The topological polar surface area (TPSA) is 72.2 Å². The van der Waals surface area contributed by atoms with Gasteiger partial charge in [0.25, 0.3) is 0 Å². The molecular formula is C12H20N2O2S. The van der Waals surface area contributed by atoms with Gasteiger partial charge in [0.15, 0.2) is 0 Å². The fourth-order valence-corrected chi connectivity index (χ4v) is 2.95. The Morgan fingerprint density at radius 1 is 1.29 bits per heavy atom. The molecule has 3 N–H and O–H groups in total. The van der Waals surface area contributed by atoms with Crippen LogP contribution in [0.2, 0.25) is 0 Å². The van der Waals surface area contributed by atoms with E-state index >= 15 is 0 Å². The number of nitrogens with one attached hydrogen (secondary N) is 1. The van der Waals surface area contributed by atoms with Crippen LogP contribution in [0.1, 0.15) is 26.3 Å². The maximum Gasteiger partial charge on any atom is 0.241 e. The van der Waals surface area contributed by atoms with Gasteiger partial charge in [0.2, 0.25) is 10.0 Å². The largest absolute Gasteiger partial charge is 0.324 e. The normalized spacial score (nSPS) is 14.6. The number of aryl methyl sites for hydroxylation is 1. The van der Waals surface area contributed by atoms with E-state index in [1.165, 1.54) is 0 Å². The first-order valence-electron chi connectivity index (χ1n) is 5.51. The smallest absolute Gasteiger partial charge is 0.241 e. The highest BCUT2D eigenvalue weighted by molar-refractivity contribution is 7.89. The van der Waals surface area contributed by atoms with Gasteiger partial charge in [-0.2, -0.15) is 0 Å². The summed E-state index contributed by atoms with van der Waals surface area (Å²) in [5, 5.41) is 0. The lowest BCUT2D eigenvalue weighted by Crippen LogP contribution is -2.52. The molecule has 0 heterocycles. The molecule has 0 bridgehead atoms. The van der Waals surface area contributed by atoms with Gasteiger partial charge in [-0.15, -0.1) is 0 Å². The Bertz CT molecular complexity index is 489. The Balaban J connectivity index is 3.03. The summed E-state index contributed by atoms with van der Waals surface area (Å²) in [6.45, 7) is 7.11. The molecule has 1 aromatic rings. The molecule has 0 radical (unpaired) electrons. The second-order valence-electron chi connectivity index (χ2n) is 4.93. The molecule has 5 heteroatoms. The zero-order chi connectivity index (χ0) is 13.3. The van der Waals surface area contributed by atoms with Crippen molar-refractivity contribution in [3.05, 3.63) is 29.8 Å². The molecule has 0 aliphatic heterocycles. The van der Waals surface area contributed by atoms with Gasteiger partial charge < -0.3 is 5.73 Å². The Hall–Kier alpha value is -0.910. The summed E-state index contributed by atoms with van der Waals surface area (Å²) in [6.07, 6.45) is 0. The van der Waals surface area contributed by atoms with E-state index in [1.54, 1.807) is 45.9 Å². The first-order valence-corrected chi connectivity index (χ1v) is 7.00. The van der Waals surface area contributed by atoms with Crippen molar-refractivity contribution in [3.63, 3.8) is 0 Å². The molecule has 0 fully saturated rings. The fraction of sp³-hybridized carbons (Fsp3) is 0.500. The van der Waals surface area contributed by atoms with Crippen molar-refractivity contribution < 1.29 is 8.42 Å². The van der Waals surface area contributed by atoms with Gasteiger partial charge in [0.1, 0.15) is 0 Å². The zero-order valence-corrected chi connectivity index (χ0v) is 11.5. The predicted molar refractivity (Wildman–Crippen MR) is 69.2 cm³/mol. The molecule has 1 rings (SSSR count). The molecule has 0 aliphatic carbocycles. The molecule has 0 amide bonds. The van der Waals surface area contributed by atoms with E-state index in [1.807, 2.05) is 6.07 Å². The molecule has 1 unspecified atom stereocenters. The highest BCUT2D eigenvalue weighted by Gasteiger charge is 2.26. The Morgan fingerprint density at radius 3 is 2.29 bits per heavy atom. The molecule has 1 atom stereocenters. The Morgan fingerprint density at radius 2 is 1.82 bits per heavy atom. The van der Waals surface area contributed by atoms with Crippen molar-refractivity contribution in [3.8, 4) is 0 Å². The second-order valence-corrected chi connectivity index (χ2v) is 6.61. The predicted octanol–water partition coefficient (Wildman–Crippen LogP) is 1.40. The molecule has 0 saturated heterocycles. The second kappa shape index (κ2) is 4.76.